The molecule has 0 fully saturated rings. The van der Waals surface area contributed by atoms with E-state index in [0.717, 1.165) is 11.1 Å². The standard InChI is InChI=1S/C24H14.Y/c1-3-10-19-17(7-1)9-5-12-21(19)23-14-6-13-22-20-11-4-2-8-18(20)15-16-24(22)23;/h1-11,13,15-16H;/q-2;. The van der Waals surface area contributed by atoms with Crippen molar-refractivity contribution in [2.45, 2.75) is 0 Å². The second kappa shape index (κ2) is 6.71. The summed E-state index contributed by atoms with van der Waals surface area (Å²) < 4.78 is 0. The first kappa shape index (κ1) is 16.5. The maximum absolute atomic E-state index is 3.45. The van der Waals surface area contributed by atoms with Gasteiger partial charge < -0.3 is 0 Å². The predicted octanol–water partition coefficient (Wildman–Crippen LogP) is 6.41. The summed E-state index contributed by atoms with van der Waals surface area (Å²) in [5, 5.41) is 7.50. The molecule has 0 aliphatic carbocycles. The molecule has 0 aliphatic rings. The van der Waals surface area contributed by atoms with Gasteiger partial charge in [-0.25, -0.2) is 11.1 Å². The molecule has 115 valence electrons. The van der Waals surface area contributed by atoms with Gasteiger partial charge in [0.25, 0.3) is 0 Å². The average Bonchev–Trinajstić information content (AvgIpc) is 2.67. The van der Waals surface area contributed by atoms with Gasteiger partial charge in [0.1, 0.15) is 0 Å². The Bertz CT molecular complexity index is 1200. The van der Waals surface area contributed by atoms with E-state index >= 15 is 0 Å². The topological polar surface area (TPSA) is 0 Å². The minimum absolute atomic E-state index is 0. The van der Waals surface area contributed by atoms with E-state index in [9.17, 15) is 0 Å². The van der Waals surface area contributed by atoms with Crippen LogP contribution in [0.1, 0.15) is 0 Å². The summed E-state index contributed by atoms with van der Waals surface area (Å²) in [4.78, 5) is 0. The monoisotopic (exact) mass is 391 g/mol. The summed E-state index contributed by atoms with van der Waals surface area (Å²) in [6.07, 6.45) is 0. The molecule has 0 aromatic heterocycles. The molecule has 0 atom stereocenters. The zero-order chi connectivity index (χ0) is 15.9. The fourth-order valence-electron chi connectivity index (χ4n) is 3.56. The third-order valence-corrected chi connectivity index (χ3v) is 4.69. The zero-order valence-corrected chi connectivity index (χ0v) is 16.5. The Kier molecular flexibility index (Phi) is 4.42. The minimum Gasteiger partial charge on any atom is -0.218 e. The molecule has 5 aromatic rings. The van der Waals surface area contributed by atoms with Crippen molar-refractivity contribution in [3.8, 4) is 11.1 Å². The largest absolute Gasteiger partial charge is 0.218 e. The maximum Gasteiger partial charge on any atom is 0 e. The number of hydrogen-bond acceptors (Lipinski definition) is 0. The Morgan fingerprint density at radius 2 is 1.04 bits per heavy atom. The Labute approximate surface area is 172 Å². The molecule has 1 heteroatoms. The Balaban J connectivity index is 0.00000157. The second-order valence-electron chi connectivity index (χ2n) is 6.04. The van der Waals surface area contributed by atoms with Crippen LogP contribution in [0.3, 0.4) is 0 Å². The van der Waals surface area contributed by atoms with Crippen molar-refractivity contribution in [3.05, 3.63) is 97.1 Å². The SMILES string of the molecule is [Y].[c-]1ccc2ccccc2c1-c1[c-]ccc2c1ccc1ccccc12. The molecule has 0 N–H and O–H groups in total. The summed E-state index contributed by atoms with van der Waals surface area (Å²) in [5.41, 5.74) is 2.24. The van der Waals surface area contributed by atoms with E-state index in [-0.39, 0.29) is 32.7 Å². The van der Waals surface area contributed by atoms with Crippen LogP contribution in [0.5, 0.6) is 0 Å². The predicted molar refractivity (Wildman–Crippen MR) is 102 cm³/mol. The molecule has 0 spiro atoms. The van der Waals surface area contributed by atoms with Crippen molar-refractivity contribution in [2.24, 2.45) is 0 Å². The molecule has 0 nitrogen and oxygen atoms in total. The molecule has 0 unspecified atom stereocenters. The van der Waals surface area contributed by atoms with Gasteiger partial charge in [-0.05, 0) is 10.8 Å². The number of hydrogen-bond donors (Lipinski definition) is 0. The molecule has 0 amide bonds. The molecular formula is C24H14Y-2. The zero-order valence-electron chi connectivity index (χ0n) is 13.7. The van der Waals surface area contributed by atoms with Crippen LogP contribution in [0.25, 0.3) is 43.4 Å². The fraction of sp³-hybridized carbons (Fsp3) is 0. The molecule has 25 heavy (non-hydrogen) atoms. The molecule has 0 saturated carbocycles. The van der Waals surface area contributed by atoms with Crippen molar-refractivity contribution in [1.82, 2.24) is 0 Å². The Hall–Kier alpha value is -2.02. The van der Waals surface area contributed by atoms with E-state index < -0.39 is 0 Å². The average molecular weight is 391 g/mol. The minimum atomic E-state index is 0. The maximum atomic E-state index is 3.45. The van der Waals surface area contributed by atoms with E-state index in [0.29, 0.717) is 0 Å². The van der Waals surface area contributed by atoms with Crippen LogP contribution in [0.2, 0.25) is 0 Å². The van der Waals surface area contributed by atoms with Crippen LogP contribution >= 0.6 is 0 Å². The van der Waals surface area contributed by atoms with Crippen molar-refractivity contribution >= 4 is 32.3 Å². The molecule has 1 radical (unpaired) electrons. The van der Waals surface area contributed by atoms with Gasteiger partial charge in [0.15, 0.2) is 0 Å². The normalized spacial score (nSPS) is 10.9. The Morgan fingerprint density at radius 3 is 1.84 bits per heavy atom. The number of fused-ring (bicyclic) bond motifs is 4. The quantitative estimate of drug-likeness (QED) is 0.229. The van der Waals surface area contributed by atoms with Gasteiger partial charge in [-0.3, -0.25) is 0 Å². The van der Waals surface area contributed by atoms with Crippen LogP contribution in [0.4, 0.5) is 0 Å². The van der Waals surface area contributed by atoms with Gasteiger partial charge in [-0.2, -0.15) is 24.3 Å². The van der Waals surface area contributed by atoms with Gasteiger partial charge in [0.2, 0.25) is 0 Å². The van der Waals surface area contributed by atoms with Crippen LogP contribution in [-0.4, -0.2) is 0 Å². The first-order chi connectivity index (χ1) is 11.9. The van der Waals surface area contributed by atoms with E-state index in [1.807, 2.05) is 12.1 Å². The van der Waals surface area contributed by atoms with E-state index in [4.69, 9.17) is 0 Å². The first-order valence-electron chi connectivity index (χ1n) is 8.14. The molecular weight excluding hydrogens is 377 g/mol. The fourth-order valence-corrected chi connectivity index (χ4v) is 3.56. The molecule has 0 saturated heterocycles. The number of rotatable bonds is 1. The first-order valence-corrected chi connectivity index (χ1v) is 8.14. The second-order valence-corrected chi connectivity index (χ2v) is 6.04. The smallest absolute Gasteiger partial charge is 0 e. The summed E-state index contributed by atoms with van der Waals surface area (Å²) in [6, 6.07) is 36.6. The van der Waals surface area contributed by atoms with Gasteiger partial charge in [-0.1, -0.05) is 48.5 Å². The van der Waals surface area contributed by atoms with Crippen molar-refractivity contribution in [2.75, 3.05) is 0 Å². The van der Waals surface area contributed by atoms with Gasteiger partial charge >= 0.3 is 0 Å². The third-order valence-electron chi connectivity index (χ3n) is 4.69. The molecule has 0 bridgehead atoms. The van der Waals surface area contributed by atoms with Crippen LogP contribution in [0, 0.1) is 12.1 Å². The summed E-state index contributed by atoms with van der Waals surface area (Å²) in [5.74, 6) is 0. The van der Waals surface area contributed by atoms with Gasteiger partial charge in [0.05, 0.1) is 0 Å². The summed E-state index contributed by atoms with van der Waals surface area (Å²) >= 11 is 0. The third kappa shape index (κ3) is 2.70. The summed E-state index contributed by atoms with van der Waals surface area (Å²) in [6.45, 7) is 0. The van der Waals surface area contributed by atoms with Gasteiger partial charge in [-0.15, -0.1) is 45.8 Å². The van der Waals surface area contributed by atoms with E-state index in [1.54, 1.807) is 0 Å². The summed E-state index contributed by atoms with van der Waals surface area (Å²) in [7, 11) is 0. The van der Waals surface area contributed by atoms with Gasteiger partial charge in [0, 0.05) is 32.7 Å². The van der Waals surface area contributed by atoms with Crippen LogP contribution in [-0.2, 0) is 32.7 Å². The Morgan fingerprint density at radius 1 is 0.440 bits per heavy atom. The molecule has 0 aliphatic heterocycles. The van der Waals surface area contributed by atoms with Crippen molar-refractivity contribution in [1.29, 1.82) is 0 Å². The van der Waals surface area contributed by atoms with Crippen LogP contribution in [0.15, 0.2) is 84.9 Å². The van der Waals surface area contributed by atoms with Crippen molar-refractivity contribution < 1.29 is 32.7 Å². The van der Waals surface area contributed by atoms with E-state index in [1.165, 1.54) is 32.3 Å². The molecule has 5 aromatic carbocycles. The molecule has 0 heterocycles. The van der Waals surface area contributed by atoms with E-state index in [2.05, 4.69) is 84.9 Å². The van der Waals surface area contributed by atoms with Crippen molar-refractivity contribution in [3.63, 3.8) is 0 Å². The molecule has 5 rings (SSSR count). The van der Waals surface area contributed by atoms with Crippen LogP contribution < -0.4 is 0 Å². The number of benzene rings is 5.